The molecule has 122 valence electrons. The Morgan fingerprint density at radius 2 is 2.05 bits per heavy atom. The number of carboxylic acid groups (broad SMARTS) is 1. The summed E-state index contributed by atoms with van der Waals surface area (Å²) in [4.78, 5) is 16.6. The zero-order valence-electron chi connectivity index (χ0n) is 13.6. The van der Waals surface area contributed by atoms with Crippen LogP contribution in [0.1, 0.15) is 45.4 Å². The molecule has 1 aliphatic heterocycles. The predicted molar refractivity (Wildman–Crippen MR) is 84.6 cm³/mol. The van der Waals surface area contributed by atoms with Gasteiger partial charge in [0, 0.05) is 19.1 Å². The van der Waals surface area contributed by atoms with Crippen LogP contribution in [0.15, 0.2) is 0 Å². The number of carboxylic acids is 1. The van der Waals surface area contributed by atoms with Crippen LogP contribution in [0.4, 0.5) is 0 Å². The van der Waals surface area contributed by atoms with Crippen LogP contribution in [0.2, 0.25) is 0 Å². The summed E-state index contributed by atoms with van der Waals surface area (Å²) in [5, 5.41) is 13.0. The first-order valence-corrected chi connectivity index (χ1v) is 8.48. The molecule has 1 atom stereocenters. The van der Waals surface area contributed by atoms with Crippen LogP contribution in [-0.4, -0.2) is 72.2 Å². The molecule has 0 aromatic heterocycles. The first kappa shape index (κ1) is 16.7. The minimum Gasteiger partial charge on any atom is -0.480 e. The van der Waals surface area contributed by atoms with E-state index in [-0.39, 0.29) is 0 Å². The minimum absolute atomic E-state index is 0.438. The summed E-state index contributed by atoms with van der Waals surface area (Å²) >= 11 is 0. The Bertz CT molecular complexity index is 346. The van der Waals surface area contributed by atoms with Crippen molar-refractivity contribution in [2.75, 3.05) is 39.8 Å². The Kier molecular flexibility index (Phi) is 6.02. The zero-order valence-corrected chi connectivity index (χ0v) is 13.6. The monoisotopic (exact) mass is 297 g/mol. The topological polar surface area (TPSA) is 55.8 Å². The van der Waals surface area contributed by atoms with Crippen LogP contribution in [-0.2, 0) is 4.79 Å². The average Bonchev–Trinajstić information content (AvgIpc) is 3.27. The van der Waals surface area contributed by atoms with Gasteiger partial charge in [-0.3, -0.25) is 10.1 Å². The Morgan fingerprint density at radius 1 is 1.29 bits per heavy atom. The molecule has 21 heavy (non-hydrogen) atoms. The van der Waals surface area contributed by atoms with Gasteiger partial charge in [-0.2, -0.15) is 0 Å². The Labute approximate surface area is 128 Å². The Hall–Kier alpha value is -0.650. The first-order chi connectivity index (χ1) is 10.1. The van der Waals surface area contributed by atoms with Gasteiger partial charge in [-0.15, -0.1) is 0 Å². The molecule has 2 aliphatic rings. The maximum absolute atomic E-state index is 11.7. The van der Waals surface area contributed by atoms with Gasteiger partial charge in [0.1, 0.15) is 5.54 Å². The molecule has 0 bridgehead atoms. The highest BCUT2D eigenvalue weighted by Gasteiger charge is 2.40. The third kappa shape index (κ3) is 4.94. The van der Waals surface area contributed by atoms with E-state index in [1.165, 1.54) is 13.0 Å². The number of hydrogen-bond acceptors (Lipinski definition) is 4. The second-order valence-electron chi connectivity index (χ2n) is 6.76. The lowest BCUT2D eigenvalue weighted by Crippen LogP contribution is -2.53. The highest BCUT2D eigenvalue weighted by atomic mass is 16.4. The van der Waals surface area contributed by atoms with Crippen molar-refractivity contribution in [3.8, 4) is 0 Å². The quantitative estimate of drug-likeness (QED) is 0.709. The summed E-state index contributed by atoms with van der Waals surface area (Å²) < 4.78 is 0. The number of hydrogen-bond donors (Lipinski definition) is 2. The van der Waals surface area contributed by atoms with Gasteiger partial charge in [-0.25, -0.2) is 0 Å². The van der Waals surface area contributed by atoms with Crippen LogP contribution in [0.25, 0.3) is 0 Å². The second kappa shape index (κ2) is 7.56. The van der Waals surface area contributed by atoms with Gasteiger partial charge in [-0.1, -0.05) is 6.92 Å². The summed E-state index contributed by atoms with van der Waals surface area (Å²) in [5.41, 5.74) is -0.705. The van der Waals surface area contributed by atoms with E-state index in [1.54, 1.807) is 0 Å². The minimum atomic E-state index is -0.705. The summed E-state index contributed by atoms with van der Waals surface area (Å²) in [6.07, 6.45) is 5.85. The lowest BCUT2D eigenvalue weighted by molar-refractivity contribution is -0.145. The Morgan fingerprint density at radius 3 is 2.67 bits per heavy atom. The van der Waals surface area contributed by atoms with Crippen LogP contribution < -0.4 is 5.32 Å². The lowest BCUT2D eigenvalue weighted by Gasteiger charge is -2.31. The zero-order chi connectivity index (χ0) is 15.3. The van der Waals surface area contributed by atoms with Crippen LogP contribution in [0.5, 0.6) is 0 Å². The molecular formula is C16H31N3O2. The maximum Gasteiger partial charge on any atom is 0.323 e. The molecule has 0 radical (unpaired) electrons. The summed E-state index contributed by atoms with van der Waals surface area (Å²) in [5.74, 6) is -0.674. The molecule has 2 N–H and O–H groups in total. The fraction of sp³-hybridized carbons (Fsp3) is 0.938. The number of rotatable bonds is 8. The average molecular weight is 297 g/mol. The van der Waals surface area contributed by atoms with Crippen LogP contribution >= 0.6 is 0 Å². The molecule has 5 heteroatoms. The van der Waals surface area contributed by atoms with E-state index in [1.807, 2.05) is 6.92 Å². The van der Waals surface area contributed by atoms with Crippen molar-refractivity contribution in [3.05, 3.63) is 0 Å². The van der Waals surface area contributed by atoms with E-state index < -0.39 is 11.5 Å². The van der Waals surface area contributed by atoms with Gasteiger partial charge in [0.15, 0.2) is 0 Å². The molecular weight excluding hydrogens is 266 g/mol. The predicted octanol–water partition coefficient (Wildman–Crippen LogP) is 1.39. The van der Waals surface area contributed by atoms with Crippen molar-refractivity contribution < 1.29 is 9.90 Å². The fourth-order valence-corrected chi connectivity index (χ4v) is 3.22. The smallest absolute Gasteiger partial charge is 0.323 e. The maximum atomic E-state index is 11.7. The van der Waals surface area contributed by atoms with E-state index in [0.717, 1.165) is 51.9 Å². The molecule has 0 aromatic rings. The molecule has 0 aromatic carbocycles. The third-order valence-corrected chi connectivity index (χ3v) is 4.96. The molecule has 1 saturated heterocycles. The van der Waals surface area contributed by atoms with Crippen molar-refractivity contribution in [3.63, 3.8) is 0 Å². The molecule has 1 saturated carbocycles. The summed E-state index contributed by atoms with van der Waals surface area (Å²) in [7, 11) is 2.18. The molecule has 2 fully saturated rings. The standard InChI is InChI=1S/C16H31N3O2/c1-3-16(15(20)21,17-14-6-7-14)8-4-10-19-11-5-9-18(2)12-13-19/h14,17H,3-13H2,1-2H3,(H,20,21). The number of likely N-dealkylation sites (N-methyl/N-ethyl adjacent to an activating group) is 1. The summed E-state index contributed by atoms with van der Waals surface area (Å²) in [6, 6.07) is 0.438. The van der Waals surface area contributed by atoms with E-state index in [0.29, 0.717) is 12.5 Å². The number of aliphatic carboxylic acids is 1. The number of nitrogens with one attached hydrogen (secondary N) is 1. The van der Waals surface area contributed by atoms with Crippen LogP contribution in [0.3, 0.4) is 0 Å². The number of nitrogens with zero attached hydrogens (tertiary/aromatic N) is 2. The van der Waals surface area contributed by atoms with Crippen molar-refractivity contribution in [2.24, 2.45) is 0 Å². The number of carbonyl (C=O) groups is 1. The normalized spacial score (nSPS) is 24.5. The summed E-state index contributed by atoms with van der Waals surface area (Å²) in [6.45, 7) is 7.57. The van der Waals surface area contributed by atoms with Gasteiger partial charge >= 0.3 is 5.97 Å². The SMILES string of the molecule is CCC(CCCN1CCCN(C)CC1)(NC1CC1)C(=O)O. The first-order valence-electron chi connectivity index (χ1n) is 8.48. The fourth-order valence-electron chi connectivity index (χ4n) is 3.22. The van der Waals surface area contributed by atoms with E-state index in [9.17, 15) is 9.90 Å². The largest absolute Gasteiger partial charge is 0.480 e. The molecule has 5 nitrogen and oxygen atoms in total. The van der Waals surface area contributed by atoms with Gasteiger partial charge < -0.3 is 14.9 Å². The van der Waals surface area contributed by atoms with Crippen molar-refractivity contribution in [1.82, 2.24) is 15.1 Å². The van der Waals surface area contributed by atoms with E-state index >= 15 is 0 Å². The highest BCUT2D eigenvalue weighted by Crippen LogP contribution is 2.27. The van der Waals surface area contributed by atoms with Crippen molar-refractivity contribution >= 4 is 5.97 Å². The van der Waals surface area contributed by atoms with Crippen molar-refractivity contribution in [1.29, 1.82) is 0 Å². The van der Waals surface area contributed by atoms with Gasteiger partial charge in [0.2, 0.25) is 0 Å². The highest BCUT2D eigenvalue weighted by molar-refractivity contribution is 5.78. The lowest BCUT2D eigenvalue weighted by atomic mass is 9.90. The van der Waals surface area contributed by atoms with Gasteiger partial charge in [-0.05, 0) is 65.2 Å². The molecule has 0 amide bonds. The van der Waals surface area contributed by atoms with Crippen LogP contribution in [0, 0.1) is 0 Å². The molecule has 1 aliphatic carbocycles. The van der Waals surface area contributed by atoms with Gasteiger partial charge in [0.05, 0.1) is 0 Å². The Balaban J connectivity index is 1.79. The van der Waals surface area contributed by atoms with E-state index in [2.05, 4.69) is 22.2 Å². The van der Waals surface area contributed by atoms with Gasteiger partial charge in [0.25, 0.3) is 0 Å². The van der Waals surface area contributed by atoms with Crippen molar-refractivity contribution in [2.45, 2.75) is 57.0 Å². The molecule has 1 unspecified atom stereocenters. The molecule has 1 heterocycles. The molecule has 0 spiro atoms. The molecule has 2 rings (SSSR count). The van der Waals surface area contributed by atoms with E-state index in [4.69, 9.17) is 0 Å². The second-order valence-corrected chi connectivity index (χ2v) is 6.76. The third-order valence-electron chi connectivity index (χ3n) is 4.96.